The second-order valence-electron chi connectivity index (χ2n) is 5.94. The highest BCUT2D eigenvalue weighted by molar-refractivity contribution is 6.30. The van der Waals surface area contributed by atoms with E-state index in [1.807, 2.05) is 24.3 Å². The molecule has 0 unspecified atom stereocenters. The number of amides is 2. The zero-order valence-corrected chi connectivity index (χ0v) is 14.6. The molecule has 0 saturated carbocycles. The average Bonchev–Trinajstić information content (AvgIpc) is 2.55. The Kier molecular flexibility index (Phi) is 7.28. The minimum atomic E-state index is -0.267. The monoisotopic (exact) mass is 349 g/mol. The van der Waals surface area contributed by atoms with Gasteiger partial charge in [-0.3, -0.25) is 9.59 Å². The van der Waals surface area contributed by atoms with Gasteiger partial charge in [-0.25, -0.2) is 0 Å². The second kappa shape index (κ2) is 9.45. The Labute approximate surface area is 147 Å². The molecular formula is C18H24ClN3O2. The molecule has 3 N–H and O–H groups in total. The molecule has 0 radical (unpaired) electrons. The Morgan fingerprint density at radius 1 is 1.29 bits per heavy atom. The van der Waals surface area contributed by atoms with E-state index in [0.717, 1.165) is 24.8 Å². The number of rotatable bonds is 3. The number of benzene rings is 1. The first kappa shape index (κ1) is 18.5. The van der Waals surface area contributed by atoms with Gasteiger partial charge in [-0.1, -0.05) is 29.8 Å². The van der Waals surface area contributed by atoms with Gasteiger partial charge in [0.2, 0.25) is 11.8 Å². The van der Waals surface area contributed by atoms with E-state index < -0.39 is 0 Å². The van der Waals surface area contributed by atoms with Crippen molar-refractivity contribution in [1.29, 1.82) is 0 Å². The maximum Gasteiger partial charge on any atom is 0.243 e. The Morgan fingerprint density at radius 3 is 2.88 bits per heavy atom. The van der Waals surface area contributed by atoms with Gasteiger partial charge in [0.05, 0.1) is 12.1 Å². The molecule has 0 saturated heterocycles. The SMILES string of the molecule is CN[C@H]1CCCCNC(=O)/C=C/[C@H](Cc2cccc(Cl)c2)NC1=O. The highest BCUT2D eigenvalue weighted by Gasteiger charge is 2.19. The summed E-state index contributed by atoms with van der Waals surface area (Å²) in [6.07, 6.45) is 6.28. The molecule has 1 aliphatic rings. The number of hydrogen-bond donors (Lipinski definition) is 3. The van der Waals surface area contributed by atoms with E-state index in [1.165, 1.54) is 6.08 Å². The summed E-state index contributed by atoms with van der Waals surface area (Å²) in [7, 11) is 1.79. The van der Waals surface area contributed by atoms with Crippen LogP contribution in [-0.4, -0.2) is 37.5 Å². The van der Waals surface area contributed by atoms with Gasteiger partial charge in [0, 0.05) is 17.6 Å². The summed E-state index contributed by atoms with van der Waals surface area (Å²) in [4.78, 5) is 24.3. The Balaban J connectivity index is 2.15. The molecule has 0 spiro atoms. The second-order valence-corrected chi connectivity index (χ2v) is 6.37. The van der Waals surface area contributed by atoms with Crippen molar-refractivity contribution in [3.8, 4) is 0 Å². The fourth-order valence-corrected chi connectivity index (χ4v) is 2.94. The topological polar surface area (TPSA) is 70.2 Å². The van der Waals surface area contributed by atoms with Crippen LogP contribution in [0.15, 0.2) is 36.4 Å². The molecule has 2 amide bonds. The van der Waals surface area contributed by atoms with E-state index >= 15 is 0 Å². The van der Waals surface area contributed by atoms with Crippen molar-refractivity contribution in [3.05, 3.63) is 47.0 Å². The van der Waals surface area contributed by atoms with E-state index in [9.17, 15) is 9.59 Å². The standard InChI is InChI=1S/C18H24ClN3O2/c1-20-16-7-2-3-10-21-17(23)9-8-15(22-18(16)24)12-13-5-4-6-14(19)11-13/h4-6,8-9,11,15-16,20H,2-3,7,10,12H2,1H3,(H,21,23)(H,22,24)/b9-8+/t15-,16+/m1/s1. The summed E-state index contributed by atoms with van der Waals surface area (Å²) in [6, 6.07) is 7.02. The van der Waals surface area contributed by atoms with Gasteiger partial charge >= 0.3 is 0 Å². The molecule has 130 valence electrons. The minimum Gasteiger partial charge on any atom is -0.353 e. The average molecular weight is 350 g/mol. The molecule has 1 aromatic carbocycles. The maximum absolute atomic E-state index is 12.5. The molecule has 0 aliphatic carbocycles. The first-order valence-electron chi connectivity index (χ1n) is 8.26. The third-order valence-corrected chi connectivity index (χ3v) is 4.27. The van der Waals surface area contributed by atoms with Crippen LogP contribution >= 0.6 is 11.6 Å². The van der Waals surface area contributed by atoms with Crippen LogP contribution in [0.5, 0.6) is 0 Å². The van der Waals surface area contributed by atoms with Crippen LogP contribution < -0.4 is 16.0 Å². The highest BCUT2D eigenvalue weighted by Crippen LogP contribution is 2.13. The molecule has 1 aliphatic heterocycles. The summed E-state index contributed by atoms with van der Waals surface area (Å²) < 4.78 is 0. The molecule has 6 heteroatoms. The van der Waals surface area contributed by atoms with Crippen molar-refractivity contribution in [3.63, 3.8) is 0 Å². The first-order valence-corrected chi connectivity index (χ1v) is 8.64. The minimum absolute atomic E-state index is 0.0461. The van der Waals surface area contributed by atoms with Gasteiger partial charge < -0.3 is 16.0 Å². The van der Waals surface area contributed by atoms with Crippen molar-refractivity contribution in [2.24, 2.45) is 0 Å². The Morgan fingerprint density at radius 2 is 2.12 bits per heavy atom. The molecule has 0 bridgehead atoms. The molecule has 24 heavy (non-hydrogen) atoms. The van der Waals surface area contributed by atoms with Crippen LogP contribution in [0.25, 0.3) is 0 Å². The van der Waals surface area contributed by atoms with E-state index in [2.05, 4.69) is 16.0 Å². The van der Waals surface area contributed by atoms with Crippen molar-refractivity contribution >= 4 is 23.4 Å². The predicted molar refractivity (Wildman–Crippen MR) is 95.9 cm³/mol. The van der Waals surface area contributed by atoms with E-state index in [1.54, 1.807) is 13.1 Å². The lowest BCUT2D eigenvalue weighted by atomic mass is 10.0. The van der Waals surface area contributed by atoms with Crippen LogP contribution in [-0.2, 0) is 16.0 Å². The van der Waals surface area contributed by atoms with Gasteiger partial charge in [0.15, 0.2) is 0 Å². The normalized spacial score (nSPS) is 24.2. The zero-order chi connectivity index (χ0) is 17.4. The van der Waals surface area contributed by atoms with Crippen LogP contribution in [0.4, 0.5) is 0 Å². The smallest absolute Gasteiger partial charge is 0.243 e. The van der Waals surface area contributed by atoms with Crippen molar-refractivity contribution in [1.82, 2.24) is 16.0 Å². The Bertz CT molecular complexity index is 604. The molecule has 5 nitrogen and oxygen atoms in total. The summed E-state index contributed by atoms with van der Waals surface area (Å²) in [6.45, 7) is 0.625. The number of likely N-dealkylation sites (N-methyl/N-ethyl adjacent to an activating group) is 1. The third-order valence-electron chi connectivity index (χ3n) is 4.04. The quantitative estimate of drug-likeness (QED) is 0.779. The number of halogens is 1. The largest absolute Gasteiger partial charge is 0.353 e. The van der Waals surface area contributed by atoms with Crippen LogP contribution in [0.1, 0.15) is 24.8 Å². The third kappa shape index (κ3) is 5.98. The number of carbonyl (C=O) groups is 2. The Hall–Kier alpha value is -1.85. The summed E-state index contributed by atoms with van der Waals surface area (Å²) in [5.74, 6) is -0.179. The highest BCUT2D eigenvalue weighted by atomic mass is 35.5. The molecule has 0 fully saturated rings. The van der Waals surface area contributed by atoms with Gasteiger partial charge in [-0.05, 0) is 50.4 Å². The van der Waals surface area contributed by atoms with E-state index in [0.29, 0.717) is 18.0 Å². The summed E-state index contributed by atoms with van der Waals surface area (Å²) in [5, 5.41) is 9.59. The molecule has 1 heterocycles. The fourth-order valence-electron chi connectivity index (χ4n) is 2.72. The molecule has 2 atom stereocenters. The molecule has 2 rings (SSSR count). The van der Waals surface area contributed by atoms with Gasteiger partial charge in [0.1, 0.15) is 0 Å². The molecule has 0 aromatic heterocycles. The van der Waals surface area contributed by atoms with Crippen molar-refractivity contribution in [2.45, 2.75) is 37.8 Å². The van der Waals surface area contributed by atoms with E-state index in [4.69, 9.17) is 11.6 Å². The van der Waals surface area contributed by atoms with Crippen molar-refractivity contribution < 1.29 is 9.59 Å². The predicted octanol–water partition coefficient (Wildman–Crippen LogP) is 1.81. The van der Waals surface area contributed by atoms with Crippen LogP contribution in [0.2, 0.25) is 5.02 Å². The van der Waals surface area contributed by atoms with Crippen LogP contribution in [0, 0.1) is 0 Å². The number of carbonyl (C=O) groups excluding carboxylic acids is 2. The number of nitrogens with one attached hydrogen (secondary N) is 3. The fraction of sp³-hybridized carbons (Fsp3) is 0.444. The molecular weight excluding hydrogens is 326 g/mol. The van der Waals surface area contributed by atoms with Crippen LogP contribution in [0.3, 0.4) is 0 Å². The zero-order valence-electron chi connectivity index (χ0n) is 13.8. The lowest BCUT2D eigenvalue weighted by molar-refractivity contribution is -0.123. The van der Waals surface area contributed by atoms with E-state index in [-0.39, 0.29) is 23.9 Å². The summed E-state index contributed by atoms with van der Waals surface area (Å²) in [5.41, 5.74) is 1.01. The lowest BCUT2D eigenvalue weighted by Crippen LogP contribution is -2.47. The maximum atomic E-state index is 12.5. The lowest BCUT2D eigenvalue weighted by Gasteiger charge is -2.21. The molecule has 1 aromatic rings. The van der Waals surface area contributed by atoms with Gasteiger partial charge in [0.25, 0.3) is 0 Å². The first-order chi connectivity index (χ1) is 11.6. The summed E-state index contributed by atoms with van der Waals surface area (Å²) >= 11 is 6.03. The number of hydrogen-bond acceptors (Lipinski definition) is 3. The van der Waals surface area contributed by atoms with Gasteiger partial charge in [-0.2, -0.15) is 0 Å². The van der Waals surface area contributed by atoms with Gasteiger partial charge in [-0.15, -0.1) is 0 Å². The van der Waals surface area contributed by atoms with Crippen molar-refractivity contribution in [2.75, 3.05) is 13.6 Å².